The van der Waals surface area contributed by atoms with Crippen molar-refractivity contribution in [2.24, 2.45) is 0 Å². The molecule has 0 N–H and O–H groups in total. The Kier molecular flexibility index (Phi) is 5.57. The van der Waals surface area contributed by atoms with E-state index in [4.69, 9.17) is 0 Å². The van der Waals surface area contributed by atoms with Crippen molar-refractivity contribution in [2.45, 2.75) is 12.1 Å². The van der Waals surface area contributed by atoms with Gasteiger partial charge in [0.05, 0.1) is 0 Å². The second-order valence-corrected chi connectivity index (χ2v) is 10.9. The molecule has 0 fully saturated rings. The minimum absolute atomic E-state index is 0.0996. The van der Waals surface area contributed by atoms with Gasteiger partial charge in [0.2, 0.25) is 0 Å². The first-order valence-corrected chi connectivity index (χ1v) is 12.1. The van der Waals surface area contributed by atoms with Gasteiger partial charge in [-0.2, -0.15) is 0 Å². The average molecular weight is 397 g/mol. The summed E-state index contributed by atoms with van der Waals surface area (Å²) in [6, 6.07) is 42.2. The zero-order chi connectivity index (χ0) is 19.4. The van der Waals surface area contributed by atoms with Crippen LogP contribution in [-0.4, -0.2) is 10.2 Å². The minimum atomic E-state index is -0.643. The van der Waals surface area contributed by atoms with Crippen molar-refractivity contribution in [1.82, 2.24) is 0 Å². The van der Waals surface area contributed by atoms with Crippen molar-refractivity contribution in [3.63, 3.8) is 0 Å². The third-order valence-corrected chi connectivity index (χ3v) is 9.38. The van der Waals surface area contributed by atoms with Crippen LogP contribution in [0, 0.1) is 0 Å². The molecule has 0 spiro atoms. The standard InChI is InChI=1S/C26H25PSi/c1-26(21-13-5-2-6-14-21,24-19-11-12-20-25(24)28)27(22-15-7-3-8-16-22)23-17-9-4-10-18-23/h2-20H,1,28H3. The summed E-state index contributed by atoms with van der Waals surface area (Å²) >= 11 is 0. The molecule has 1 unspecified atom stereocenters. The molecule has 2 heteroatoms. The second kappa shape index (κ2) is 8.27. The molecule has 28 heavy (non-hydrogen) atoms. The Hall–Kier alpha value is -2.47. The Labute approximate surface area is 172 Å². The number of hydrogen-bond donors (Lipinski definition) is 0. The number of rotatable bonds is 5. The fourth-order valence-corrected chi connectivity index (χ4v) is 8.35. The van der Waals surface area contributed by atoms with E-state index in [1.54, 1.807) is 0 Å². The van der Waals surface area contributed by atoms with Gasteiger partial charge in [0.1, 0.15) is 0 Å². The predicted octanol–water partition coefficient (Wildman–Crippen LogP) is 4.07. The maximum Gasteiger partial charge on any atom is 0.0453 e. The van der Waals surface area contributed by atoms with E-state index in [-0.39, 0.29) is 5.16 Å². The number of hydrogen-bond acceptors (Lipinski definition) is 0. The number of benzene rings is 4. The van der Waals surface area contributed by atoms with Gasteiger partial charge in [0, 0.05) is 15.4 Å². The first-order valence-electron chi connectivity index (χ1n) is 9.73. The summed E-state index contributed by atoms with van der Waals surface area (Å²) < 4.78 is 0. The van der Waals surface area contributed by atoms with Crippen LogP contribution >= 0.6 is 7.92 Å². The van der Waals surface area contributed by atoms with Gasteiger partial charge in [-0.25, -0.2) is 0 Å². The zero-order valence-corrected chi connectivity index (χ0v) is 19.3. The molecule has 0 heterocycles. The van der Waals surface area contributed by atoms with E-state index in [1.165, 1.54) is 26.9 Å². The van der Waals surface area contributed by atoms with Crippen LogP contribution in [0.1, 0.15) is 18.1 Å². The molecule has 0 saturated heterocycles. The topological polar surface area (TPSA) is 0 Å². The molecule has 1 atom stereocenters. The van der Waals surface area contributed by atoms with Crippen molar-refractivity contribution in [3.8, 4) is 0 Å². The van der Waals surface area contributed by atoms with Gasteiger partial charge in [0.25, 0.3) is 0 Å². The van der Waals surface area contributed by atoms with Gasteiger partial charge in [-0.15, -0.1) is 0 Å². The molecule has 0 aliphatic rings. The summed E-state index contributed by atoms with van der Waals surface area (Å²) in [4.78, 5) is 0. The van der Waals surface area contributed by atoms with Crippen LogP contribution in [-0.2, 0) is 5.16 Å². The van der Waals surface area contributed by atoms with Gasteiger partial charge in [0.15, 0.2) is 0 Å². The molecular formula is C26H25PSi. The molecule has 0 aromatic heterocycles. The highest BCUT2D eigenvalue weighted by atomic mass is 31.1. The zero-order valence-electron chi connectivity index (χ0n) is 16.4. The Morgan fingerprint density at radius 2 is 1.00 bits per heavy atom. The molecule has 0 aliphatic heterocycles. The van der Waals surface area contributed by atoms with Gasteiger partial charge in [-0.3, -0.25) is 0 Å². The molecule has 138 valence electrons. The largest absolute Gasteiger partial charge is 0.0664 e. The highest BCUT2D eigenvalue weighted by Crippen LogP contribution is 2.57. The molecule has 0 saturated carbocycles. The van der Waals surface area contributed by atoms with Crippen molar-refractivity contribution in [1.29, 1.82) is 0 Å². The molecular weight excluding hydrogens is 371 g/mol. The van der Waals surface area contributed by atoms with E-state index in [9.17, 15) is 0 Å². The van der Waals surface area contributed by atoms with Crippen LogP contribution in [0.4, 0.5) is 0 Å². The van der Waals surface area contributed by atoms with Crippen LogP contribution < -0.4 is 15.8 Å². The third-order valence-electron chi connectivity index (χ3n) is 5.48. The van der Waals surface area contributed by atoms with E-state index in [1.807, 2.05) is 0 Å². The Balaban J connectivity index is 2.04. The summed E-state index contributed by atoms with van der Waals surface area (Å²) in [5, 5.41) is 4.21. The summed E-state index contributed by atoms with van der Waals surface area (Å²) in [6.45, 7) is 2.45. The summed E-state index contributed by atoms with van der Waals surface area (Å²) in [5.74, 6) is 0. The molecule has 4 aromatic carbocycles. The van der Waals surface area contributed by atoms with Gasteiger partial charge in [-0.05, 0) is 36.6 Å². The minimum Gasteiger partial charge on any atom is -0.0664 e. The fourth-order valence-electron chi connectivity index (χ4n) is 4.11. The lowest BCUT2D eigenvalue weighted by atomic mass is 9.92. The van der Waals surface area contributed by atoms with Crippen molar-refractivity contribution in [3.05, 3.63) is 126 Å². The van der Waals surface area contributed by atoms with E-state index < -0.39 is 7.92 Å². The SMILES string of the molecule is CC(c1ccccc1)(c1ccccc1[SiH3])P(c1ccccc1)c1ccccc1. The lowest BCUT2D eigenvalue weighted by Crippen LogP contribution is -2.35. The molecule has 0 bridgehead atoms. The third kappa shape index (κ3) is 3.49. The second-order valence-electron chi connectivity index (χ2n) is 7.26. The summed E-state index contributed by atoms with van der Waals surface area (Å²) in [7, 11) is 0.395. The highest BCUT2D eigenvalue weighted by Gasteiger charge is 2.40. The van der Waals surface area contributed by atoms with Crippen LogP contribution in [0.5, 0.6) is 0 Å². The Morgan fingerprint density at radius 1 is 0.571 bits per heavy atom. The van der Waals surface area contributed by atoms with Gasteiger partial charge < -0.3 is 0 Å². The summed E-state index contributed by atoms with van der Waals surface area (Å²) in [6.07, 6.45) is 0. The lowest BCUT2D eigenvalue weighted by molar-refractivity contribution is 0.834. The van der Waals surface area contributed by atoms with E-state index in [0.717, 1.165) is 10.2 Å². The maximum atomic E-state index is 2.45. The molecule has 0 radical (unpaired) electrons. The predicted molar refractivity (Wildman–Crippen MR) is 128 cm³/mol. The Morgan fingerprint density at radius 3 is 1.50 bits per heavy atom. The van der Waals surface area contributed by atoms with Gasteiger partial charge >= 0.3 is 0 Å². The lowest BCUT2D eigenvalue weighted by Gasteiger charge is -2.41. The van der Waals surface area contributed by atoms with Crippen molar-refractivity contribution < 1.29 is 0 Å². The molecule has 4 rings (SSSR count). The van der Waals surface area contributed by atoms with Crippen LogP contribution in [0.15, 0.2) is 115 Å². The van der Waals surface area contributed by atoms with Gasteiger partial charge in [-0.1, -0.05) is 120 Å². The molecule has 4 aromatic rings. The molecule has 0 nitrogen and oxygen atoms in total. The quantitative estimate of drug-likeness (QED) is 0.352. The molecule has 0 aliphatic carbocycles. The van der Waals surface area contributed by atoms with E-state index in [2.05, 4.69) is 122 Å². The van der Waals surface area contributed by atoms with Crippen molar-refractivity contribution in [2.75, 3.05) is 0 Å². The Bertz CT molecular complexity index is 992. The molecule has 0 amide bonds. The van der Waals surface area contributed by atoms with Crippen LogP contribution in [0.3, 0.4) is 0 Å². The average Bonchev–Trinajstić information content (AvgIpc) is 2.76. The first kappa shape index (κ1) is 18.9. The van der Waals surface area contributed by atoms with Crippen LogP contribution in [0.25, 0.3) is 0 Å². The first-order chi connectivity index (χ1) is 13.7. The van der Waals surface area contributed by atoms with Crippen molar-refractivity contribution >= 4 is 34.0 Å². The van der Waals surface area contributed by atoms with Crippen LogP contribution in [0.2, 0.25) is 0 Å². The summed E-state index contributed by atoms with van der Waals surface area (Å²) in [5.41, 5.74) is 2.85. The smallest absolute Gasteiger partial charge is 0.0453 e. The maximum absolute atomic E-state index is 2.45. The fraction of sp³-hybridized carbons (Fsp3) is 0.0769. The monoisotopic (exact) mass is 396 g/mol. The normalized spacial score (nSPS) is 13.4. The van der Waals surface area contributed by atoms with E-state index >= 15 is 0 Å². The van der Waals surface area contributed by atoms with E-state index in [0.29, 0.717) is 0 Å². The highest BCUT2D eigenvalue weighted by molar-refractivity contribution is 7.74.